The van der Waals surface area contributed by atoms with Crippen molar-refractivity contribution in [2.24, 2.45) is 22.6 Å². The molecule has 2 unspecified atom stereocenters. The summed E-state index contributed by atoms with van der Waals surface area (Å²) >= 11 is 1.58. The minimum absolute atomic E-state index is 0.0486. The number of likely N-dealkylation sites (tertiary alicyclic amines) is 1. The highest BCUT2D eigenvalue weighted by Crippen LogP contribution is 2.48. The fourth-order valence-corrected chi connectivity index (χ4v) is 6.62. The Morgan fingerprint density at radius 3 is 2.79 bits per heavy atom. The Bertz CT molecular complexity index is 1220. The molecule has 0 radical (unpaired) electrons. The van der Waals surface area contributed by atoms with Crippen molar-refractivity contribution in [3.8, 4) is 22.3 Å². The highest BCUT2D eigenvalue weighted by Gasteiger charge is 2.57. The molecule has 0 bridgehead atoms. The molecule has 2 aliphatic heterocycles. The molecular weight excluding hydrogens is 446 g/mol. The van der Waals surface area contributed by atoms with Crippen LogP contribution in [0.3, 0.4) is 0 Å². The molecule has 2 aromatic heterocycles. The molecule has 7 nitrogen and oxygen atoms in total. The van der Waals surface area contributed by atoms with Crippen LogP contribution in [0.4, 0.5) is 0 Å². The topological polar surface area (TPSA) is 91.9 Å². The lowest BCUT2D eigenvalue weighted by atomic mass is 9.84. The van der Waals surface area contributed by atoms with Crippen molar-refractivity contribution in [3.63, 3.8) is 0 Å². The normalized spacial score (nSPS) is 24.9. The number of carbonyl (C=O) groups excluding carboxylic acids is 2. The van der Waals surface area contributed by atoms with Gasteiger partial charge in [0.2, 0.25) is 11.8 Å². The molecule has 0 aromatic carbocycles. The number of pyridine rings is 1. The average molecular weight is 476 g/mol. The maximum absolute atomic E-state index is 13.4. The van der Waals surface area contributed by atoms with Crippen molar-refractivity contribution < 1.29 is 9.59 Å². The fraction of sp³-hybridized carbons (Fsp3) is 0.462. The van der Waals surface area contributed by atoms with Gasteiger partial charge in [-0.2, -0.15) is 0 Å². The summed E-state index contributed by atoms with van der Waals surface area (Å²) < 4.78 is 0. The molecule has 2 aromatic rings. The van der Waals surface area contributed by atoms with E-state index in [1.54, 1.807) is 31.5 Å². The number of fused-ring (bicyclic) bond motifs is 1. The summed E-state index contributed by atoms with van der Waals surface area (Å²) in [5.41, 5.74) is 7.18. The van der Waals surface area contributed by atoms with Crippen molar-refractivity contribution >= 4 is 29.1 Å². The maximum Gasteiger partial charge on any atom is 0.236 e. The Morgan fingerprint density at radius 1 is 1.24 bits per heavy atom. The zero-order valence-electron chi connectivity index (χ0n) is 19.6. The van der Waals surface area contributed by atoms with Gasteiger partial charge in [0.05, 0.1) is 12.5 Å². The molecule has 1 saturated carbocycles. The second-order valence-corrected chi connectivity index (χ2v) is 10.5. The van der Waals surface area contributed by atoms with Crippen LogP contribution < -0.4 is 5.73 Å². The summed E-state index contributed by atoms with van der Waals surface area (Å²) in [5.74, 6) is 5.84. The molecule has 4 heterocycles. The highest BCUT2D eigenvalue weighted by molar-refractivity contribution is 7.15. The quantitative estimate of drug-likeness (QED) is 0.690. The number of nitrogens with two attached hydrogens (primary N) is 1. The Labute approximate surface area is 204 Å². The zero-order chi connectivity index (χ0) is 23.9. The van der Waals surface area contributed by atoms with E-state index in [1.165, 1.54) is 11.3 Å². The summed E-state index contributed by atoms with van der Waals surface area (Å²) in [6, 6.07) is 6.07. The average Bonchev–Trinajstić information content (AvgIpc) is 3.50. The second-order valence-electron chi connectivity index (χ2n) is 9.40. The van der Waals surface area contributed by atoms with Crippen LogP contribution in [0.15, 0.2) is 35.6 Å². The molecular formula is C26H29N5O2S. The number of thiophene rings is 1. The number of nitrogens with zero attached hydrogens (tertiary/aromatic N) is 4. The van der Waals surface area contributed by atoms with Crippen LogP contribution in [0.2, 0.25) is 0 Å². The third kappa shape index (κ3) is 3.78. The van der Waals surface area contributed by atoms with Gasteiger partial charge in [-0.05, 0) is 38.0 Å². The molecule has 2 fully saturated rings. The van der Waals surface area contributed by atoms with Crippen molar-refractivity contribution in [3.05, 3.63) is 41.0 Å². The van der Waals surface area contributed by atoms with Crippen LogP contribution in [-0.2, 0) is 15.1 Å². The predicted octanol–water partition coefficient (Wildman–Crippen LogP) is 3.20. The van der Waals surface area contributed by atoms with E-state index in [-0.39, 0.29) is 23.7 Å². The van der Waals surface area contributed by atoms with Gasteiger partial charge in [-0.3, -0.25) is 19.5 Å². The molecule has 1 aliphatic carbocycles. The van der Waals surface area contributed by atoms with Gasteiger partial charge < -0.3 is 10.6 Å². The van der Waals surface area contributed by atoms with E-state index in [0.717, 1.165) is 46.6 Å². The molecule has 1 saturated heterocycles. The summed E-state index contributed by atoms with van der Waals surface area (Å²) in [7, 11) is 1.66. The van der Waals surface area contributed by atoms with Gasteiger partial charge in [0.15, 0.2) is 5.96 Å². The van der Waals surface area contributed by atoms with E-state index in [9.17, 15) is 9.59 Å². The number of guanidine groups is 1. The molecule has 5 rings (SSSR count). The van der Waals surface area contributed by atoms with Gasteiger partial charge in [-0.15, -0.1) is 17.3 Å². The first kappa shape index (κ1) is 22.6. The lowest BCUT2D eigenvalue weighted by Gasteiger charge is -2.36. The molecule has 2 amide bonds. The summed E-state index contributed by atoms with van der Waals surface area (Å²) in [5, 5.41) is 0. The zero-order valence-corrected chi connectivity index (χ0v) is 20.4. The monoisotopic (exact) mass is 475 g/mol. The largest absolute Gasteiger partial charge is 0.369 e. The minimum Gasteiger partial charge on any atom is -0.369 e. The second kappa shape index (κ2) is 8.88. The first-order chi connectivity index (χ1) is 16.4. The van der Waals surface area contributed by atoms with Gasteiger partial charge in [0.25, 0.3) is 0 Å². The standard InChI is InChI=1S/C26H29N5O2S/c1-3-7-17-12-19(14-28-13-17)21-10-11-22(34-21)26-16-31(23(32)18-8-5-4-6-9-18)15-20(26)24(33)30(2)25(27)29-26/h10-14,18,20H,4-6,8-9,15-16H2,1-2H3,(H2,27,29). The van der Waals surface area contributed by atoms with Crippen molar-refractivity contribution in [2.45, 2.75) is 44.6 Å². The van der Waals surface area contributed by atoms with E-state index in [2.05, 4.69) is 16.8 Å². The van der Waals surface area contributed by atoms with Crippen LogP contribution in [0.5, 0.6) is 0 Å². The first-order valence-electron chi connectivity index (χ1n) is 11.8. The first-order valence-corrected chi connectivity index (χ1v) is 12.6. The Hall–Kier alpha value is -3.18. The van der Waals surface area contributed by atoms with Gasteiger partial charge in [0.1, 0.15) is 5.54 Å². The molecule has 3 aliphatic rings. The number of amides is 2. The third-order valence-corrected chi connectivity index (χ3v) is 8.59. The number of hydrogen-bond acceptors (Lipinski definition) is 6. The minimum atomic E-state index is -0.852. The van der Waals surface area contributed by atoms with Crippen LogP contribution in [0.25, 0.3) is 10.4 Å². The number of carbonyl (C=O) groups is 2. The van der Waals surface area contributed by atoms with Crippen molar-refractivity contribution in [1.29, 1.82) is 0 Å². The highest BCUT2D eigenvalue weighted by atomic mass is 32.1. The van der Waals surface area contributed by atoms with Gasteiger partial charge in [-0.1, -0.05) is 25.2 Å². The smallest absolute Gasteiger partial charge is 0.236 e. The number of aliphatic imine (C=N–C) groups is 1. The molecule has 34 heavy (non-hydrogen) atoms. The Kier molecular flexibility index (Phi) is 5.90. The Balaban J connectivity index is 1.52. The van der Waals surface area contributed by atoms with Crippen LogP contribution in [0.1, 0.15) is 49.5 Å². The van der Waals surface area contributed by atoms with Gasteiger partial charge >= 0.3 is 0 Å². The van der Waals surface area contributed by atoms with E-state index in [0.29, 0.717) is 13.1 Å². The van der Waals surface area contributed by atoms with Crippen LogP contribution >= 0.6 is 11.3 Å². The third-order valence-electron chi connectivity index (χ3n) is 7.29. The van der Waals surface area contributed by atoms with Crippen LogP contribution in [-0.4, -0.2) is 52.7 Å². The predicted molar refractivity (Wildman–Crippen MR) is 133 cm³/mol. The van der Waals surface area contributed by atoms with Crippen molar-refractivity contribution in [2.75, 3.05) is 20.1 Å². The molecule has 8 heteroatoms. The molecule has 176 valence electrons. The van der Waals surface area contributed by atoms with Gasteiger partial charge in [-0.25, -0.2) is 4.99 Å². The summed E-state index contributed by atoms with van der Waals surface area (Å²) in [6.45, 7) is 2.56. The summed E-state index contributed by atoms with van der Waals surface area (Å²) in [4.78, 5) is 41.2. The number of hydrogen-bond donors (Lipinski definition) is 1. The molecule has 2 N–H and O–H groups in total. The molecule has 2 atom stereocenters. The van der Waals surface area contributed by atoms with E-state index in [4.69, 9.17) is 10.7 Å². The van der Waals surface area contributed by atoms with E-state index >= 15 is 0 Å². The van der Waals surface area contributed by atoms with E-state index < -0.39 is 11.5 Å². The van der Waals surface area contributed by atoms with Crippen molar-refractivity contribution in [1.82, 2.24) is 14.8 Å². The lowest BCUT2D eigenvalue weighted by molar-refractivity contribution is -0.136. The maximum atomic E-state index is 13.4. The SMILES string of the molecule is CC#Cc1cncc(-c2ccc(C34CN(C(=O)C5CCCCC5)CC3C(=O)N(C)C(N)=N4)s2)c1. The van der Waals surface area contributed by atoms with Crippen LogP contribution in [0, 0.1) is 23.7 Å². The number of aromatic nitrogens is 1. The fourth-order valence-electron chi connectivity index (χ4n) is 5.45. The lowest BCUT2D eigenvalue weighted by Crippen LogP contribution is -2.54. The molecule has 0 spiro atoms. The van der Waals surface area contributed by atoms with Gasteiger partial charge in [0, 0.05) is 52.8 Å². The summed E-state index contributed by atoms with van der Waals surface area (Å²) in [6.07, 6.45) is 8.80. The number of rotatable bonds is 3. The Morgan fingerprint density at radius 2 is 2.03 bits per heavy atom. The van der Waals surface area contributed by atoms with E-state index in [1.807, 2.05) is 29.3 Å².